The third-order valence-electron chi connectivity index (χ3n) is 3.60. The van der Waals surface area contributed by atoms with Crippen molar-refractivity contribution in [2.24, 2.45) is 5.10 Å². The summed E-state index contributed by atoms with van der Waals surface area (Å²) in [6, 6.07) is 15.4. The lowest BCUT2D eigenvalue weighted by Crippen LogP contribution is -2.17. The topological polar surface area (TPSA) is 89.6 Å². The first-order valence-corrected chi connectivity index (χ1v) is 9.66. The zero-order valence-electron chi connectivity index (χ0n) is 14.5. The van der Waals surface area contributed by atoms with Gasteiger partial charge in [-0.25, -0.2) is 10.4 Å². The molecule has 3 rings (SSSR count). The van der Waals surface area contributed by atoms with Crippen molar-refractivity contribution in [3.05, 3.63) is 74.7 Å². The zero-order valence-corrected chi connectivity index (χ0v) is 16.9. The van der Waals surface area contributed by atoms with Crippen LogP contribution in [0.2, 0.25) is 0 Å². The number of anilines is 1. The molecule has 0 bridgehead atoms. The van der Waals surface area contributed by atoms with Crippen LogP contribution in [-0.2, 0) is 6.61 Å². The van der Waals surface area contributed by atoms with Crippen LogP contribution in [0.4, 0.5) is 5.13 Å². The second kappa shape index (κ2) is 8.79. The van der Waals surface area contributed by atoms with Gasteiger partial charge in [0.2, 0.25) is 0 Å². The van der Waals surface area contributed by atoms with Crippen LogP contribution in [0.1, 0.15) is 26.5 Å². The number of nitrogens with zero attached hydrogens (tertiary/aromatic N) is 2. The van der Waals surface area contributed by atoms with Gasteiger partial charge in [0, 0.05) is 4.47 Å². The molecule has 1 heterocycles. The summed E-state index contributed by atoms with van der Waals surface area (Å²) in [5, 5.41) is 4.33. The Balaban J connectivity index is 1.52. The largest absolute Gasteiger partial charge is 0.489 e. The zero-order chi connectivity index (χ0) is 19.2. The van der Waals surface area contributed by atoms with Crippen LogP contribution in [0.25, 0.3) is 0 Å². The fourth-order valence-corrected chi connectivity index (χ4v) is 3.23. The van der Waals surface area contributed by atoms with E-state index in [0.717, 1.165) is 32.7 Å². The number of halogens is 1. The number of hydrogen-bond donors (Lipinski definition) is 2. The first kappa shape index (κ1) is 19.1. The first-order chi connectivity index (χ1) is 13.0. The molecule has 1 amide bonds. The van der Waals surface area contributed by atoms with Gasteiger partial charge in [0.05, 0.1) is 11.9 Å². The molecule has 0 saturated carbocycles. The molecule has 2 aromatic carbocycles. The predicted octanol–water partition coefficient (Wildman–Crippen LogP) is 4.14. The lowest BCUT2D eigenvalue weighted by molar-refractivity contribution is 0.0958. The van der Waals surface area contributed by atoms with Crippen molar-refractivity contribution in [3.63, 3.8) is 0 Å². The molecular weight excluding hydrogens is 428 g/mol. The number of nitrogen functional groups attached to an aromatic ring is 1. The van der Waals surface area contributed by atoms with Gasteiger partial charge in [-0.15, -0.1) is 0 Å². The molecular formula is C19H17BrN4O2S. The van der Waals surface area contributed by atoms with Gasteiger partial charge in [0.25, 0.3) is 5.91 Å². The minimum atomic E-state index is -0.326. The van der Waals surface area contributed by atoms with E-state index in [1.54, 1.807) is 13.1 Å². The Hall–Kier alpha value is -2.71. The Morgan fingerprint density at radius 3 is 2.59 bits per heavy atom. The van der Waals surface area contributed by atoms with Crippen molar-refractivity contribution < 1.29 is 9.53 Å². The van der Waals surface area contributed by atoms with Gasteiger partial charge in [-0.3, -0.25) is 4.79 Å². The number of thiazole rings is 1. The summed E-state index contributed by atoms with van der Waals surface area (Å²) in [5.74, 6) is 0.433. The van der Waals surface area contributed by atoms with E-state index in [-0.39, 0.29) is 5.91 Å². The number of amides is 1. The summed E-state index contributed by atoms with van der Waals surface area (Å²) in [6.45, 7) is 2.23. The Labute approximate surface area is 169 Å². The van der Waals surface area contributed by atoms with Crippen molar-refractivity contribution in [3.8, 4) is 5.75 Å². The van der Waals surface area contributed by atoms with E-state index < -0.39 is 0 Å². The highest BCUT2D eigenvalue weighted by Gasteiger charge is 2.13. The minimum Gasteiger partial charge on any atom is -0.489 e. The normalized spacial score (nSPS) is 10.9. The van der Waals surface area contributed by atoms with E-state index in [4.69, 9.17) is 10.5 Å². The number of hydrazone groups is 1. The van der Waals surface area contributed by atoms with Gasteiger partial charge in [-0.05, 0) is 54.4 Å². The number of nitrogens with one attached hydrogen (secondary N) is 1. The Kier molecular flexibility index (Phi) is 6.20. The number of hydrogen-bond acceptors (Lipinski definition) is 6. The molecule has 0 aliphatic carbocycles. The van der Waals surface area contributed by atoms with Gasteiger partial charge in [-0.2, -0.15) is 5.10 Å². The Morgan fingerprint density at radius 1 is 1.26 bits per heavy atom. The Bertz CT molecular complexity index is 953. The van der Waals surface area contributed by atoms with Gasteiger partial charge in [0.15, 0.2) is 5.13 Å². The molecule has 27 heavy (non-hydrogen) atoms. The number of carbonyl (C=O) groups excluding carboxylic acids is 1. The maximum absolute atomic E-state index is 12.0. The van der Waals surface area contributed by atoms with Crippen LogP contribution in [0.5, 0.6) is 5.75 Å². The Morgan fingerprint density at radius 2 is 1.96 bits per heavy atom. The fourth-order valence-electron chi connectivity index (χ4n) is 2.24. The van der Waals surface area contributed by atoms with E-state index in [2.05, 4.69) is 31.4 Å². The van der Waals surface area contributed by atoms with Crippen LogP contribution < -0.4 is 15.9 Å². The highest BCUT2D eigenvalue weighted by atomic mass is 79.9. The van der Waals surface area contributed by atoms with Gasteiger partial charge < -0.3 is 10.5 Å². The monoisotopic (exact) mass is 444 g/mol. The molecule has 0 saturated heterocycles. The number of carbonyl (C=O) groups is 1. The fraction of sp³-hybridized carbons (Fsp3) is 0.105. The number of ether oxygens (including phenoxy) is 1. The van der Waals surface area contributed by atoms with Crippen molar-refractivity contribution in [2.45, 2.75) is 13.5 Å². The molecule has 0 spiro atoms. The smallest absolute Gasteiger partial charge is 0.283 e. The van der Waals surface area contributed by atoms with Gasteiger partial charge in [0.1, 0.15) is 17.2 Å². The molecule has 1 aromatic heterocycles. The lowest BCUT2D eigenvalue weighted by Gasteiger charge is -2.06. The summed E-state index contributed by atoms with van der Waals surface area (Å²) < 4.78 is 6.79. The van der Waals surface area contributed by atoms with Gasteiger partial charge >= 0.3 is 0 Å². The SMILES string of the molecule is Cc1nc(N)sc1C(=O)NN=Cc1ccc(OCc2ccc(Br)cc2)cc1. The second-order valence-electron chi connectivity index (χ2n) is 5.65. The second-order valence-corrected chi connectivity index (χ2v) is 7.60. The molecule has 138 valence electrons. The maximum atomic E-state index is 12.0. The minimum absolute atomic E-state index is 0.326. The molecule has 0 aliphatic heterocycles. The van der Waals surface area contributed by atoms with E-state index >= 15 is 0 Å². The molecule has 0 radical (unpaired) electrons. The molecule has 8 heteroatoms. The average Bonchev–Trinajstić information content (AvgIpc) is 3.00. The molecule has 3 N–H and O–H groups in total. The number of nitrogens with two attached hydrogens (primary N) is 1. The van der Waals surface area contributed by atoms with Crippen LogP contribution >= 0.6 is 27.3 Å². The third kappa shape index (κ3) is 5.38. The van der Waals surface area contributed by atoms with E-state index in [9.17, 15) is 4.79 Å². The highest BCUT2D eigenvalue weighted by Crippen LogP contribution is 2.19. The van der Waals surface area contributed by atoms with Crippen LogP contribution in [0.15, 0.2) is 58.1 Å². The van der Waals surface area contributed by atoms with Crippen molar-refractivity contribution in [1.29, 1.82) is 0 Å². The quantitative estimate of drug-likeness (QED) is 0.441. The molecule has 0 aliphatic rings. The highest BCUT2D eigenvalue weighted by molar-refractivity contribution is 9.10. The number of aromatic nitrogens is 1. The summed E-state index contributed by atoms with van der Waals surface area (Å²) in [6.07, 6.45) is 1.57. The lowest BCUT2D eigenvalue weighted by atomic mass is 10.2. The summed E-state index contributed by atoms with van der Waals surface area (Å²) in [4.78, 5) is 16.5. The average molecular weight is 445 g/mol. The number of aryl methyl sites for hydroxylation is 1. The summed E-state index contributed by atoms with van der Waals surface area (Å²) in [7, 11) is 0. The number of benzene rings is 2. The van der Waals surface area contributed by atoms with E-state index in [0.29, 0.717) is 22.3 Å². The third-order valence-corrected chi connectivity index (χ3v) is 5.11. The van der Waals surface area contributed by atoms with Crippen LogP contribution in [-0.4, -0.2) is 17.1 Å². The summed E-state index contributed by atoms with van der Waals surface area (Å²) >= 11 is 4.55. The van der Waals surface area contributed by atoms with Crippen molar-refractivity contribution in [2.75, 3.05) is 5.73 Å². The predicted molar refractivity (Wildman–Crippen MR) is 111 cm³/mol. The molecule has 3 aromatic rings. The first-order valence-electron chi connectivity index (χ1n) is 8.05. The van der Waals surface area contributed by atoms with Crippen molar-refractivity contribution >= 4 is 44.5 Å². The van der Waals surface area contributed by atoms with Crippen molar-refractivity contribution in [1.82, 2.24) is 10.4 Å². The standard InChI is InChI=1S/C19H17BrN4O2S/c1-12-17(27-19(21)23-12)18(25)24-22-10-13-4-8-16(9-5-13)26-11-14-2-6-15(20)7-3-14/h2-10H,11H2,1H3,(H2,21,23)(H,24,25). The van der Waals surface area contributed by atoms with E-state index in [1.807, 2.05) is 48.5 Å². The number of rotatable bonds is 6. The van der Waals surface area contributed by atoms with E-state index in [1.165, 1.54) is 0 Å². The summed E-state index contributed by atoms with van der Waals surface area (Å²) in [5.41, 5.74) is 10.6. The molecule has 6 nitrogen and oxygen atoms in total. The maximum Gasteiger partial charge on any atom is 0.283 e. The molecule has 0 unspecified atom stereocenters. The molecule has 0 atom stereocenters. The van der Waals surface area contributed by atoms with Crippen LogP contribution in [0.3, 0.4) is 0 Å². The van der Waals surface area contributed by atoms with Gasteiger partial charge in [-0.1, -0.05) is 39.4 Å². The van der Waals surface area contributed by atoms with Crippen LogP contribution in [0, 0.1) is 6.92 Å². The molecule has 0 fully saturated rings.